The highest BCUT2D eigenvalue weighted by molar-refractivity contribution is 5.05. The van der Waals surface area contributed by atoms with Crippen LogP contribution in [-0.2, 0) is 18.3 Å². The second-order valence-electron chi connectivity index (χ2n) is 4.56. The minimum absolute atomic E-state index is 0.495. The summed E-state index contributed by atoms with van der Waals surface area (Å²) in [6, 6.07) is 4.24. The van der Waals surface area contributed by atoms with Crippen LogP contribution in [0.25, 0.3) is 0 Å². The molecule has 1 fully saturated rings. The molecule has 1 aromatic rings. The largest absolute Gasteiger partial charge is 0.378 e. The normalized spacial score (nSPS) is 21.2. The third-order valence-electron chi connectivity index (χ3n) is 3.27. The Morgan fingerprint density at radius 1 is 1.50 bits per heavy atom. The van der Waals surface area contributed by atoms with Crippen molar-refractivity contribution in [2.45, 2.75) is 38.3 Å². The second kappa shape index (κ2) is 6.06. The first-order valence-electron chi connectivity index (χ1n) is 6.29. The van der Waals surface area contributed by atoms with Crippen LogP contribution in [0.1, 0.15) is 31.4 Å². The molecule has 1 atom stereocenters. The van der Waals surface area contributed by atoms with Crippen molar-refractivity contribution < 1.29 is 4.74 Å². The van der Waals surface area contributed by atoms with Gasteiger partial charge in [-0.25, -0.2) is 0 Å². The predicted octanol–water partition coefficient (Wildman–Crippen LogP) is 2.07. The van der Waals surface area contributed by atoms with E-state index in [1.165, 1.54) is 25.0 Å². The van der Waals surface area contributed by atoms with Gasteiger partial charge in [-0.3, -0.25) is 0 Å². The maximum absolute atomic E-state index is 5.69. The number of aryl methyl sites for hydroxylation is 1. The molecule has 3 nitrogen and oxygen atoms in total. The molecule has 0 radical (unpaired) electrons. The molecule has 1 N–H and O–H groups in total. The van der Waals surface area contributed by atoms with Gasteiger partial charge in [0.1, 0.15) is 0 Å². The van der Waals surface area contributed by atoms with Crippen LogP contribution in [-0.4, -0.2) is 23.8 Å². The molecular formula is C13H22N2O. The smallest absolute Gasteiger partial charge is 0.0587 e. The Morgan fingerprint density at radius 3 is 3.12 bits per heavy atom. The zero-order chi connectivity index (χ0) is 11.2. The van der Waals surface area contributed by atoms with Gasteiger partial charge in [0.05, 0.1) is 6.10 Å². The van der Waals surface area contributed by atoms with E-state index in [1.54, 1.807) is 0 Å². The highest BCUT2D eigenvalue weighted by atomic mass is 16.5. The quantitative estimate of drug-likeness (QED) is 0.772. The van der Waals surface area contributed by atoms with Crippen molar-refractivity contribution >= 4 is 0 Å². The molecule has 0 saturated carbocycles. The highest BCUT2D eigenvalue weighted by Crippen LogP contribution is 2.14. The van der Waals surface area contributed by atoms with E-state index >= 15 is 0 Å². The lowest BCUT2D eigenvalue weighted by Gasteiger charge is -2.22. The van der Waals surface area contributed by atoms with Crippen molar-refractivity contribution in [2.75, 3.05) is 13.2 Å². The van der Waals surface area contributed by atoms with E-state index in [-0.39, 0.29) is 0 Å². The van der Waals surface area contributed by atoms with Gasteiger partial charge in [0.2, 0.25) is 0 Å². The van der Waals surface area contributed by atoms with Gasteiger partial charge in [-0.1, -0.05) is 0 Å². The molecule has 0 spiro atoms. The molecule has 0 aromatic carbocycles. The number of aromatic nitrogens is 1. The summed E-state index contributed by atoms with van der Waals surface area (Å²) >= 11 is 0. The lowest BCUT2D eigenvalue weighted by Crippen LogP contribution is -2.25. The van der Waals surface area contributed by atoms with E-state index in [0.29, 0.717) is 6.10 Å². The summed E-state index contributed by atoms with van der Waals surface area (Å²) in [5.74, 6) is 0. The van der Waals surface area contributed by atoms with Gasteiger partial charge in [0.15, 0.2) is 0 Å². The molecule has 1 aliphatic heterocycles. The van der Waals surface area contributed by atoms with Crippen LogP contribution >= 0.6 is 0 Å². The molecule has 2 rings (SSSR count). The third-order valence-corrected chi connectivity index (χ3v) is 3.27. The molecule has 1 unspecified atom stereocenters. The standard InChI is InChI=1S/C13H22N2O/c1-15-9-4-5-12(15)11-14-8-7-13-6-2-3-10-16-13/h4-5,9,13-14H,2-3,6-8,10-11H2,1H3. The van der Waals surface area contributed by atoms with E-state index < -0.39 is 0 Å². The fourth-order valence-electron chi connectivity index (χ4n) is 2.19. The van der Waals surface area contributed by atoms with Gasteiger partial charge in [-0.05, 0) is 44.4 Å². The van der Waals surface area contributed by atoms with Crippen LogP contribution in [0.15, 0.2) is 18.3 Å². The summed E-state index contributed by atoms with van der Waals surface area (Å²) in [5.41, 5.74) is 1.34. The molecule has 0 bridgehead atoms. The first kappa shape index (κ1) is 11.7. The average molecular weight is 222 g/mol. The minimum Gasteiger partial charge on any atom is -0.378 e. The van der Waals surface area contributed by atoms with Crippen LogP contribution < -0.4 is 5.32 Å². The van der Waals surface area contributed by atoms with E-state index in [2.05, 4.69) is 35.3 Å². The van der Waals surface area contributed by atoms with Crippen molar-refractivity contribution in [1.29, 1.82) is 0 Å². The summed E-state index contributed by atoms with van der Waals surface area (Å²) in [6.07, 6.45) is 7.54. The van der Waals surface area contributed by atoms with Crippen LogP contribution in [0.4, 0.5) is 0 Å². The zero-order valence-electron chi connectivity index (χ0n) is 10.1. The number of rotatable bonds is 5. The van der Waals surface area contributed by atoms with Gasteiger partial charge in [0.25, 0.3) is 0 Å². The van der Waals surface area contributed by atoms with Gasteiger partial charge < -0.3 is 14.6 Å². The number of nitrogens with one attached hydrogen (secondary N) is 1. The maximum atomic E-state index is 5.69. The highest BCUT2D eigenvalue weighted by Gasteiger charge is 2.12. The molecule has 1 aromatic heterocycles. The topological polar surface area (TPSA) is 26.2 Å². The molecular weight excluding hydrogens is 200 g/mol. The van der Waals surface area contributed by atoms with Gasteiger partial charge in [-0.2, -0.15) is 0 Å². The third kappa shape index (κ3) is 3.35. The molecule has 3 heteroatoms. The summed E-state index contributed by atoms with van der Waals surface area (Å²) < 4.78 is 7.85. The van der Waals surface area contributed by atoms with E-state index in [4.69, 9.17) is 4.74 Å². The van der Waals surface area contributed by atoms with Crippen LogP contribution in [0.3, 0.4) is 0 Å². The van der Waals surface area contributed by atoms with Crippen LogP contribution in [0, 0.1) is 0 Å². The van der Waals surface area contributed by atoms with Crippen molar-refractivity contribution in [2.24, 2.45) is 7.05 Å². The molecule has 16 heavy (non-hydrogen) atoms. The fraction of sp³-hybridized carbons (Fsp3) is 0.692. The first-order chi connectivity index (χ1) is 7.86. The second-order valence-corrected chi connectivity index (χ2v) is 4.56. The fourth-order valence-corrected chi connectivity index (χ4v) is 2.19. The Kier molecular flexibility index (Phi) is 4.43. The Balaban J connectivity index is 1.59. The Morgan fingerprint density at radius 2 is 2.44 bits per heavy atom. The van der Waals surface area contributed by atoms with Crippen molar-refractivity contribution in [3.63, 3.8) is 0 Å². The maximum Gasteiger partial charge on any atom is 0.0587 e. The predicted molar refractivity (Wildman–Crippen MR) is 65.3 cm³/mol. The lowest BCUT2D eigenvalue weighted by atomic mass is 10.1. The first-order valence-corrected chi connectivity index (χ1v) is 6.29. The summed E-state index contributed by atoms with van der Waals surface area (Å²) in [5, 5.41) is 3.48. The van der Waals surface area contributed by atoms with Crippen molar-refractivity contribution in [1.82, 2.24) is 9.88 Å². The van der Waals surface area contributed by atoms with E-state index in [1.807, 2.05) is 0 Å². The average Bonchev–Trinajstić information content (AvgIpc) is 2.72. The van der Waals surface area contributed by atoms with Gasteiger partial charge in [0, 0.05) is 32.1 Å². The minimum atomic E-state index is 0.495. The molecule has 1 aliphatic rings. The number of hydrogen-bond donors (Lipinski definition) is 1. The SMILES string of the molecule is Cn1cccc1CNCCC1CCCCO1. The Hall–Kier alpha value is -0.800. The number of nitrogens with zero attached hydrogens (tertiary/aromatic N) is 1. The van der Waals surface area contributed by atoms with Crippen molar-refractivity contribution in [3.8, 4) is 0 Å². The summed E-state index contributed by atoms with van der Waals surface area (Å²) in [4.78, 5) is 0. The zero-order valence-corrected chi connectivity index (χ0v) is 10.1. The van der Waals surface area contributed by atoms with E-state index in [0.717, 1.165) is 26.1 Å². The van der Waals surface area contributed by atoms with Crippen LogP contribution in [0.2, 0.25) is 0 Å². The Labute approximate surface area is 97.8 Å². The lowest BCUT2D eigenvalue weighted by molar-refractivity contribution is 0.0115. The molecule has 1 saturated heterocycles. The Bertz CT molecular complexity index is 303. The van der Waals surface area contributed by atoms with Gasteiger partial charge in [-0.15, -0.1) is 0 Å². The van der Waals surface area contributed by atoms with Gasteiger partial charge >= 0.3 is 0 Å². The summed E-state index contributed by atoms with van der Waals surface area (Å²) in [7, 11) is 2.08. The van der Waals surface area contributed by atoms with E-state index in [9.17, 15) is 0 Å². The molecule has 2 heterocycles. The summed E-state index contributed by atoms with van der Waals surface area (Å²) in [6.45, 7) is 2.97. The molecule has 90 valence electrons. The number of hydrogen-bond acceptors (Lipinski definition) is 2. The molecule has 0 amide bonds. The number of ether oxygens (including phenoxy) is 1. The van der Waals surface area contributed by atoms with Crippen molar-refractivity contribution in [3.05, 3.63) is 24.0 Å². The molecule has 0 aliphatic carbocycles. The monoisotopic (exact) mass is 222 g/mol. The van der Waals surface area contributed by atoms with Crippen LogP contribution in [0.5, 0.6) is 0 Å².